The molecule has 4 heterocycles. The Morgan fingerprint density at radius 2 is 2.08 bits per heavy atom. The number of methoxy groups -OCH3 is 2. The number of carbonyl (C=O) groups excluding carboxylic acids is 1. The second-order valence-electron chi connectivity index (χ2n) is 9.25. The highest BCUT2D eigenvalue weighted by atomic mass is 16.5. The number of aromatic nitrogens is 4. The van der Waals surface area contributed by atoms with E-state index in [1.54, 1.807) is 25.3 Å². The maximum absolute atomic E-state index is 12.8. The molecule has 36 heavy (non-hydrogen) atoms. The molecule has 1 fully saturated rings. The average Bonchev–Trinajstić information content (AvgIpc) is 3.60. The number of nitrogens with zero attached hydrogens (tertiary/aromatic N) is 6. The monoisotopic (exact) mass is 495 g/mol. The molecule has 1 unspecified atom stereocenters. The summed E-state index contributed by atoms with van der Waals surface area (Å²) in [5, 5.41) is 7.54. The molecule has 1 N–H and O–H groups in total. The van der Waals surface area contributed by atoms with Crippen LogP contribution in [0.15, 0.2) is 35.1 Å². The minimum atomic E-state index is -0.0666. The first-order chi connectivity index (χ1) is 17.6. The number of anilines is 1. The van der Waals surface area contributed by atoms with Gasteiger partial charge in [0.1, 0.15) is 23.5 Å². The van der Waals surface area contributed by atoms with Crippen molar-refractivity contribution in [3.05, 3.63) is 47.9 Å². The van der Waals surface area contributed by atoms with Crippen LogP contribution < -0.4 is 19.7 Å². The molecule has 0 spiro atoms. The molecule has 5 rings (SSSR count). The number of amides is 1. The molecule has 0 saturated carbocycles. The van der Waals surface area contributed by atoms with Crippen LogP contribution in [0.3, 0.4) is 0 Å². The number of carbonyl (C=O) groups is 1. The number of hydrogen-bond acceptors (Lipinski definition) is 9. The minimum Gasteiger partial charge on any atom is -0.497 e. The van der Waals surface area contributed by atoms with Crippen molar-refractivity contribution in [2.45, 2.75) is 50.9 Å². The van der Waals surface area contributed by atoms with Crippen LogP contribution in [-0.4, -0.2) is 71.0 Å². The Morgan fingerprint density at radius 1 is 1.25 bits per heavy atom. The van der Waals surface area contributed by atoms with Crippen LogP contribution in [0.5, 0.6) is 11.5 Å². The Hall–Kier alpha value is -3.60. The van der Waals surface area contributed by atoms with E-state index in [0.717, 1.165) is 43.3 Å². The summed E-state index contributed by atoms with van der Waals surface area (Å²) >= 11 is 0. The van der Waals surface area contributed by atoms with E-state index in [4.69, 9.17) is 14.0 Å². The number of rotatable bonds is 8. The Bertz CT molecular complexity index is 1180. The number of imidazole rings is 1. The lowest BCUT2D eigenvalue weighted by molar-refractivity contribution is -0.133. The number of hydrogen-bond donors (Lipinski definition) is 1. The molecule has 1 saturated heterocycles. The summed E-state index contributed by atoms with van der Waals surface area (Å²) in [6.45, 7) is 2.97. The van der Waals surface area contributed by atoms with E-state index in [-0.39, 0.29) is 12.1 Å². The molecule has 192 valence electrons. The van der Waals surface area contributed by atoms with Crippen LogP contribution in [0.4, 0.5) is 5.95 Å². The van der Waals surface area contributed by atoms with Crippen molar-refractivity contribution in [2.75, 3.05) is 39.3 Å². The van der Waals surface area contributed by atoms with Crippen LogP contribution >= 0.6 is 0 Å². The zero-order chi connectivity index (χ0) is 25.1. The molecular weight excluding hydrogens is 462 g/mol. The lowest BCUT2D eigenvalue weighted by Crippen LogP contribution is -2.51. The summed E-state index contributed by atoms with van der Waals surface area (Å²) in [7, 11) is 5.17. The first-order valence-corrected chi connectivity index (χ1v) is 12.3. The minimum absolute atomic E-state index is 0.0325. The second-order valence-corrected chi connectivity index (χ2v) is 9.25. The van der Waals surface area contributed by atoms with Gasteiger partial charge in [0, 0.05) is 51.4 Å². The summed E-state index contributed by atoms with van der Waals surface area (Å²) in [6.07, 6.45) is 6.31. The largest absolute Gasteiger partial charge is 0.497 e. The van der Waals surface area contributed by atoms with Crippen LogP contribution in [0, 0.1) is 0 Å². The van der Waals surface area contributed by atoms with E-state index >= 15 is 0 Å². The summed E-state index contributed by atoms with van der Waals surface area (Å²) < 4.78 is 18.5. The highest BCUT2D eigenvalue weighted by molar-refractivity contribution is 5.76. The highest BCUT2D eigenvalue weighted by Crippen LogP contribution is 2.37. The SMILES string of the molecule is COc1ccc(C2CCN(c3noc(CCC(=O)N(C)C4Cn5ccnc5CN4)n3)CC2)c(OC)c1. The maximum atomic E-state index is 12.8. The Kier molecular flexibility index (Phi) is 7.08. The molecule has 2 aliphatic rings. The normalized spacial score (nSPS) is 18.1. The fourth-order valence-electron chi connectivity index (χ4n) is 4.98. The number of ether oxygens (including phenoxy) is 2. The fraction of sp³-hybridized carbons (Fsp3) is 0.520. The molecule has 1 atom stereocenters. The zero-order valence-corrected chi connectivity index (χ0v) is 21.0. The molecule has 11 nitrogen and oxygen atoms in total. The topological polar surface area (TPSA) is 111 Å². The van der Waals surface area contributed by atoms with Gasteiger partial charge >= 0.3 is 0 Å². The Morgan fingerprint density at radius 3 is 2.86 bits per heavy atom. The van der Waals surface area contributed by atoms with Crippen molar-refractivity contribution in [3.63, 3.8) is 0 Å². The molecule has 1 aromatic carbocycles. The Labute approximate surface area is 210 Å². The number of piperidine rings is 1. The van der Waals surface area contributed by atoms with E-state index in [1.165, 1.54) is 5.56 Å². The number of nitrogens with one attached hydrogen (secondary N) is 1. The van der Waals surface area contributed by atoms with Crippen molar-refractivity contribution in [3.8, 4) is 11.5 Å². The lowest BCUT2D eigenvalue weighted by atomic mass is 9.89. The first kappa shape index (κ1) is 24.1. The van der Waals surface area contributed by atoms with Crippen molar-refractivity contribution >= 4 is 11.9 Å². The number of benzene rings is 1. The molecular formula is C25H33N7O4. The van der Waals surface area contributed by atoms with Crippen LogP contribution in [-0.2, 0) is 24.3 Å². The van der Waals surface area contributed by atoms with Gasteiger partial charge in [-0.05, 0) is 35.5 Å². The van der Waals surface area contributed by atoms with Crippen molar-refractivity contribution in [1.29, 1.82) is 0 Å². The van der Waals surface area contributed by atoms with Gasteiger partial charge in [-0.3, -0.25) is 10.1 Å². The molecule has 11 heteroatoms. The van der Waals surface area contributed by atoms with Gasteiger partial charge in [0.15, 0.2) is 0 Å². The highest BCUT2D eigenvalue weighted by Gasteiger charge is 2.27. The summed E-state index contributed by atoms with van der Waals surface area (Å²) in [5.74, 6) is 4.14. The summed E-state index contributed by atoms with van der Waals surface area (Å²) in [5.41, 5.74) is 1.20. The van der Waals surface area contributed by atoms with E-state index in [9.17, 15) is 4.79 Å². The molecule has 3 aromatic rings. The van der Waals surface area contributed by atoms with Gasteiger partial charge in [0.2, 0.25) is 11.8 Å². The average molecular weight is 496 g/mol. The standard InChI is InChI=1S/C25H33N7O4/c1-30(22-16-32-13-10-26-21(32)15-27-22)24(33)7-6-23-28-25(29-36-23)31-11-8-17(9-12-31)19-5-4-18(34-2)14-20(19)35-3/h4-5,10,13-14,17,22,27H,6-9,11-12,15-16H2,1-3H3. The summed E-state index contributed by atoms with van der Waals surface area (Å²) in [4.78, 5) is 25.5. The Balaban J connectivity index is 1.12. The molecule has 2 aliphatic heterocycles. The van der Waals surface area contributed by atoms with Crippen LogP contribution in [0.2, 0.25) is 0 Å². The van der Waals surface area contributed by atoms with Gasteiger partial charge in [0.05, 0.1) is 27.3 Å². The lowest BCUT2D eigenvalue weighted by Gasteiger charge is -2.33. The maximum Gasteiger partial charge on any atom is 0.266 e. The second kappa shape index (κ2) is 10.6. The zero-order valence-electron chi connectivity index (χ0n) is 21.0. The predicted molar refractivity (Wildman–Crippen MR) is 132 cm³/mol. The van der Waals surface area contributed by atoms with Crippen LogP contribution in [0.1, 0.15) is 42.5 Å². The van der Waals surface area contributed by atoms with E-state index in [0.29, 0.717) is 43.7 Å². The molecule has 0 aliphatic carbocycles. The number of aryl methyl sites for hydroxylation is 1. The van der Waals surface area contributed by atoms with Crippen molar-refractivity contribution < 1.29 is 18.8 Å². The van der Waals surface area contributed by atoms with Gasteiger partial charge in [-0.15, -0.1) is 0 Å². The number of fused-ring (bicyclic) bond motifs is 1. The van der Waals surface area contributed by atoms with E-state index < -0.39 is 0 Å². The van der Waals surface area contributed by atoms with Gasteiger partial charge in [-0.1, -0.05) is 6.07 Å². The fourth-order valence-corrected chi connectivity index (χ4v) is 4.98. The molecule has 1 amide bonds. The van der Waals surface area contributed by atoms with E-state index in [1.807, 2.05) is 25.4 Å². The third-order valence-electron chi connectivity index (χ3n) is 7.20. The summed E-state index contributed by atoms with van der Waals surface area (Å²) in [6, 6.07) is 6.01. The third kappa shape index (κ3) is 5.01. The quantitative estimate of drug-likeness (QED) is 0.503. The van der Waals surface area contributed by atoms with Gasteiger partial charge in [-0.2, -0.15) is 4.98 Å². The third-order valence-corrected chi connectivity index (χ3v) is 7.20. The van der Waals surface area contributed by atoms with Gasteiger partial charge in [0.25, 0.3) is 5.95 Å². The van der Waals surface area contributed by atoms with Gasteiger partial charge < -0.3 is 28.4 Å². The van der Waals surface area contributed by atoms with Crippen molar-refractivity contribution in [1.82, 2.24) is 29.9 Å². The van der Waals surface area contributed by atoms with Crippen LogP contribution in [0.25, 0.3) is 0 Å². The first-order valence-electron chi connectivity index (χ1n) is 12.3. The van der Waals surface area contributed by atoms with Crippen molar-refractivity contribution in [2.24, 2.45) is 0 Å². The molecule has 2 aromatic heterocycles. The predicted octanol–water partition coefficient (Wildman–Crippen LogP) is 2.19. The van der Waals surface area contributed by atoms with E-state index in [2.05, 4.69) is 36.0 Å². The molecule has 0 radical (unpaired) electrons. The number of likely N-dealkylation sites (N-methyl/N-ethyl adjacent to an activating group) is 1. The smallest absolute Gasteiger partial charge is 0.266 e. The van der Waals surface area contributed by atoms with Gasteiger partial charge in [-0.25, -0.2) is 4.98 Å². The molecule has 0 bridgehead atoms.